The number of aryl methyl sites for hydroxylation is 1. The van der Waals surface area contributed by atoms with Gasteiger partial charge in [0.1, 0.15) is 11.6 Å². The first-order valence-electron chi connectivity index (χ1n) is 7.79. The molecule has 0 spiro atoms. The molecule has 2 unspecified atom stereocenters. The van der Waals surface area contributed by atoms with E-state index in [1.807, 2.05) is 6.92 Å². The molecular formula is C16H24N4. The van der Waals surface area contributed by atoms with Crippen molar-refractivity contribution in [1.82, 2.24) is 15.0 Å². The predicted molar refractivity (Wildman–Crippen MR) is 78.1 cm³/mol. The first-order valence-corrected chi connectivity index (χ1v) is 7.79. The zero-order chi connectivity index (χ0) is 14.2. The summed E-state index contributed by atoms with van der Waals surface area (Å²) < 4.78 is 0. The Morgan fingerprint density at radius 1 is 0.950 bits per heavy atom. The lowest BCUT2D eigenvalue weighted by Gasteiger charge is -2.64. The fourth-order valence-electron chi connectivity index (χ4n) is 6.44. The van der Waals surface area contributed by atoms with Gasteiger partial charge in [-0.2, -0.15) is 9.97 Å². The number of nitrogen functional groups attached to an aromatic ring is 1. The van der Waals surface area contributed by atoms with Gasteiger partial charge >= 0.3 is 0 Å². The van der Waals surface area contributed by atoms with Gasteiger partial charge < -0.3 is 5.73 Å². The van der Waals surface area contributed by atoms with Gasteiger partial charge in [0, 0.05) is 5.41 Å². The summed E-state index contributed by atoms with van der Waals surface area (Å²) in [5, 5.41) is 0. The van der Waals surface area contributed by atoms with Gasteiger partial charge in [0.15, 0.2) is 0 Å². The molecule has 0 radical (unpaired) electrons. The van der Waals surface area contributed by atoms with Crippen LogP contribution in [-0.2, 0) is 5.41 Å². The normalized spacial score (nSPS) is 45.9. The van der Waals surface area contributed by atoms with Gasteiger partial charge in [-0.15, -0.1) is 0 Å². The number of hydrogen-bond acceptors (Lipinski definition) is 4. The molecule has 4 heteroatoms. The zero-order valence-electron chi connectivity index (χ0n) is 12.7. The Balaban J connectivity index is 1.84. The summed E-state index contributed by atoms with van der Waals surface area (Å²) in [6, 6.07) is 0. The van der Waals surface area contributed by atoms with Crippen LogP contribution in [0.4, 0.5) is 5.95 Å². The average molecular weight is 272 g/mol. The van der Waals surface area contributed by atoms with Crippen molar-refractivity contribution in [3.8, 4) is 0 Å². The second-order valence-corrected chi connectivity index (χ2v) is 8.47. The molecule has 1 heterocycles. The summed E-state index contributed by atoms with van der Waals surface area (Å²) >= 11 is 0. The van der Waals surface area contributed by atoms with E-state index in [2.05, 4.69) is 28.8 Å². The van der Waals surface area contributed by atoms with Gasteiger partial charge in [0.25, 0.3) is 0 Å². The summed E-state index contributed by atoms with van der Waals surface area (Å²) in [4.78, 5) is 13.4. The molecule has 1 aromatic heterocycles. The van der Waals surface area contributed by atoms with Crippen molar-refractivity contribution < 1.29 is 0 Å². The molecule has 2 atom stereocenters. The third kappa shape index (κ3) is 1.69. The van der Waals surface area contributed by atoms with Crippen LogP contribution in [-0.4, -0.2) is 15.0 Å². The van der Waals surface area contributed by atoms with Crippen LogP contribution in [0.5, 0.6) is 0 Å². The highest BCUT2D eigenvalue weighted by Gasteiger charge is 2.61. The van der Waals surface area contributed by atoms with Crippen LogP contribution in [0.3, 0.4) is 0 Å². The summed E-state index contributed by atoms with van der Waals surface area (Å²) in [5.41, 5.74) is 6.99. The van der Waals surface area contributed by atoms with Gasteiger partial charge in [0.05, 0.1) is 0 Å². The highest BCUT2D eigenvalue weighted by atomic mass is 15.1. The van der Waals surface area contributed by atoms with Crippen molar-refractivity contribution in [3.63, 3.8) is 0 Å². The largest absolute Gasteiger partial charge is 0.368 e. The third-order valence-electron chi connectivity index (χ3n) is 5.87. The van der Waals surface area contributed by atoms with E-state index in [0.717, 1.165) is 17.6 Å². The van der Waals surface area contributed by atoms with Gasteiger partial charge in [-0.1, -0.05) is 13.8 Å². The molecule has 1 aromatic rings. The van der Waals surface area contributed by atoms with Crippen LogP contribution in [0.25, 0.3) is 0 Å². The lowest BCUT2D eigenvalue weighted by Crippen LogP contribution is -2.57. The molecule has 0 amide bonds. The van der Waals surface area contributed by atoms with Crippen molar-refractivity contribution in [2.75, 3.05) is 5.73 Å². The van der Waals surface area contributed by atoms with E-state index in [0.29, 0.717) is 16.8 Å². The number of hydrogen-bond donors (Lipinski definition) is 1. The Bertz CT molecular complexity index is 544. The standard InChI is InChI=1S/C16H24N4/c1-10-18-12(20-13(17)19-10)16-6-11-4-14(2,8-16)7-15(3,5-11)9-16/h11H,4-9H2,1-3H3,(H2,17,18,19,20). The minimum absolute atomic E-state index is 0.157. The molecule has 20 heavy (non-hydrogen) atoms. The van der Waals surface area contributed by atoms with Crippen molar-refractivity contribution in [3.05, 3.63) is 11.6 Å². The van der Waals surface area contributed by atoms with Crippen LogP contribution < -0.4 is 5.73 Å². The SMILES string of the molecule is Cc1nc(N)nc(C23CC4CC(C)(CC(C)(C4)C2)C3)n1. The summed E-state index contributed by atoms with van der Waals surface area (Å²) in [5.74, 6) is 2.97. The molecule has 4 saturated carbocycles. The minimum Gasteiger partial charge on any atom is -0.368 e. The van der Waals surface area contributed by atoms with Gasteiger partial charge in [-0.25, -0.2) is 4.98 Å². The Hall–Kier alpha value is -1.19. The first kappa shape index (κ1) is 12.5. The van der Waals surface area contributed by atoms with E-state index < -0.39 is 0 Å². The lowest BCUT2D eigenvalue weighted by molar-refractivity contribution is -0.112. The maximum absolute atomic E-state index is 5.88. The molecule has 4 bridgehead atoms. The van der Waals surface area contributed by atoms with E-state index in [4.69, 9.17) is 5.73 Å². The van der Waals surface area contributed by atoms with E-state index >= 15 is 0 Å². The number of nitrogens with two attached hydrogens (primary N) is 1. The van der Waals surface area contributed by atoms with E-state index in [1.165, 1.54) is 38.5 Å². The van der Waals surface area contributed by atoms with Crippen molar-refractivity contribution in [1.29, 1.82) is 0 Å². The molecule has 0 aromatic carbocycles. The maximum atomic E-state index is 5.88. The molecule has 2 N–H and O–H groups in total. The maximum Gasteiger partial charge on any atom is 0.223 e. The van der Waals surface area contributed by atoms with Crippen molar-refractivity contribution in [2.45, 2.75) is 64.7 Å². The smallest absolute Gasteiger partial charge is 0.223 e. The van der Waals surface area contributed by atoms with Crippen molar-refractivity contribution in [2.24, 2.45) is 16.7 Å². The Morgan fingerprint density at radius 2 is 1.60 bits per heavy atom. The fraction of sp³-hybridized carbons (Fsp3) is 0.812. The fourth-order valence-corrected chi connectivity index (χ4v) is 6.44. The number of aromatic nitrogens is 3. The monoisotopic (exact) mass is 272 g/mol. The predicted octanol–water partition coefficient (Wildman–Crippen LogP) is 3.01. The van der Waals surface area contributed by atoms with E-state index in [1.54, 1.807) is 0 Å². The van der Waals surface area contributed by atoms with Gasteiger partial charge in [0.2, 0.25) is 5.95 Å². The molecule has 4 aliphatic carbocycles. The molecule has 4 aliphatic rings. The van der Waals surface area contributed by atoms with E-state index in [9.17, 15) is 0 Å². The van der Waals surface area contributed by atoms with Crippen LogP contribution in [0.1, 0.15) is 64.0 Å². The summed E-state index contributed by atoms with van der Waals surface area (Å²) in [6.07, 6.45) is 7.87. The van der Waals surface area contributed by atoms with Crippen molar-refractivity contribution >= 4 is 5.95 Å². The van der Waals surface area contributed by atoms with Crippen LogP contribution in [0, 0.1) is 23.7 Å². The first-order chi connectivity index (χ1) is 9.30. The Morgan fingerprint density at radius 3 is 2.15 bits per heavy atom. The highest BCUT2D eigenvalue weighted by molar-refractivity contribution is 5.26. The highest BCUT2D eigenvalue weighted by Crippen LogP contribution is 2.69. The quantitative estimate of drug-likeness (QED) is 0.853. The Labute approximate surface area is 120 Å². The van der Waals surface area contributed by atoms with Crippen LogP contribution in [0.15, 0.2) is 0 Å². The van der Waals surface area contributed by atoms with Gasteiger partial charge in [-0.05, 0) is 62.2 Å². The molecule has 0 aliphatic heterocycles. The molecule has 4 nitrogen and oxygen atoms in total. The number of anilines is 1. The second-order valence-electron chi connectivity index (χ2n) is 8.47. The van der Waals surface area contributed by atoms with Crippen LogP contribution in [0.2, 0.25) is 0 Å². The third-order valence-corrected chi connectivity index (χ3v) is 5.87. The molecule has 0 saturated heterocycles. The minimum atomic E-state index is 0.157. The topological polar surface area (TPSA) is 64.7 Å². The number of rotatable bonds is 1. The number of nitrogens with zero attached hydrogens (tertiary/aromatic N) is 3. The molecule has 108 valence electrons. The molecule has 5 rings (SSSR count). The second kappa shape index (κ2) is 3.52. The summed E-state index contributed by atoms with van der Waals surface area (Å²) in [7, 11) is 0. The summed E-state index contributed by atoms with van der Waals surface area (Å²) in [6.45, 7) is 6.87. The molecular weight excluding hydrogens is 248 g/mol. The molecule has 4 fully saturated rings. The van der Waals surface area contributed by atoms with E-state index in [-0.39, 0.29) is 5.41 Å². The Kier molecular flexibility index (Phi) is 2.21. The van der Waals surface area contributed by atoms with Gasteiger partial charge in [-0.3, -0.25) is 0 Å². The zero-order valence-corrected chi connectivity index (χ0v) is 12.7. The lowest BCUT2D eigenvalue weighted by atomic mass is 9.40. The van der Waals surface area contributed by atoms with Crippen LogP contribution >= 0.6 is 0 Å². The average Bonchev–Trinajstić information content (AvgIpc) is 2.22.